The molecule has 7 heteroatoms. The Morgan fingerprint density at radius 2 is 2.11 bits per heavy atom. The van der Waals surface area contributed by atoms with E-state index in [1.807, 2.05) is 0 Å². The molecule has 18 heavy (non-hydrogen) atoms. The third kappa shape index (κ3) is 1.86. The summed E-state index contributed by atoms with van der Waals surface area (Å²) in [5.41, 5.74) is 1.23. The van der Waals surface area contributed by atoms with E-state index < -0.39 is 5.82 Å². The van der Waals surface area contributed by atoms with E-state index in [0.29, 0.717) is 17.3 Å². The molecular weight excluding hydrogens is 257 g/mol. The number of anilines is 2. The molecule has 0 spiro atoms. The summed E-state index contributed by atoms with van der Waals surface area (Å²) in [5.74, 6) is -0.0280. The second-order valence-electron chi connectivity index (χ2n) is 3.57. The first-order valence-electron chi connectivity index (χ1n) is 5.12. The molecule has 0 radical (unpaired) electrons. The zero-order chi connectivity index (χ0) is 12.5. The number of rotatable bonds is 2. The lowest BCUT2D eigenvalue weighted by atomic mass is 10.3. The van der Waals surface area contributed by atoms with Gasteiger partial charge >= 0.3 is 0 Å². The van der Waals surface area contributed by atoms with Gasteiger partial charge in [-0.2, -0.15) is 9.61 Å². The minimum atomic E-state index is -0.466. The van der Waals surface area contributed by atoms with Crippen molar-refractivity contribution in [3.05, 3.63) is 47.4 Å². The van der Waals surface area contributed by atoms with Gasteiger partial charge in [0.2, 0.25) is 5.95 Å². The average Bonchev–Trinajstić information content (AvgIpc) is 2.78. The molecule has 0 aliphatic rings. The summed E-state index contributed by atoms with van der Waals surface area (Å²) in [7, 11) is 0. The summed E-state index contributed by atoms with van der Waals surface area (Å²) < 4.78 is 14.6. The number of halogens is 2. The monoisotopic (exact) mass is 263 g/mol. The van der Waals surface area contributed by atoms with E-state index >= 15 is 0 Å². The zero-order valence-corrected chi connectivity index (χ0v) is 9.76. The second-order valence-corrected chi connectivity index (χ2v) is 3.98. The predicted octanol–water partition coefficient (Wildman–Crippen LogP) is 2.66. The predicted molar refractivity (Wildman–Crippen MR) is 65.5 cm³/mol. The van der Waals surface area contributed by atoms with E-state index in [1.54, 1.807) is 24.4 Å². The molecule has 2 heterocycles. The Morgan fingerprint density at radius 3 is 2.94 bits per heavy atom. The van der Waals surface area contributed by atoms with Gasteiger partial charge in [-0.05, 0) is 30.3 Å². The molecule has 90 valence electrons. The summed E-state index contributed by atoms with van der Waals surface area (Å²) in [5, 5.41) is 15.0. The summed E-state index contributed by atoms with van der Waals surface area (Å²) in [6, 6.07) is 7.86. The minimum absolute atomic E-state index is 0.0433. The number of nitrogens with zero attached hydrogens (tertiary/aromatic N) is 4. The third-order valence-corrected chi connectivity index (χ3v) is 2.64. The molecule has 0 bridgehead atoms. The van der Waals surface area contributed by atoms with Gasteiger partial charge < -0.3 is 5.32 Å². The highest BCUT2D eigenvalue weighted by Gasteiger charge is 2.07. The fraction of sp³-hybridized carbons (Fsp3) is 0. The van der Waals surface area contributed by atoms with Crippen molar-refractivity contribution in [2.75, 3.05) is 5.32 Å². The van der Waals surface area contributed by atoms with Crippen LogP contribution < -0.4 is 5.32 Å². The van der Waals surface area contributed by atoms with E-state index in [-0.39, 0.29) is 5.02 Å². The van der Waals surface area contributed by atoms with Crippen LogP contribution in [0.2, 0.25) is 5.02 Å². The maximum atomic E-state index is 13.0. The van der Waals surface area contributed by atoms with Gasteiger partial charge in [-0.15, -0.1) is 10.2 Å². The smallest absolute Gasteiger partial charge is 0.250 e. The van der Waals surface area contributed by atoms with Crippen LogP contribution in [0.1, 0.15) is 0 Å². The number of hydrogen-bond donors (Lipinski definition) is 1. The van der Waals surface area contributed by atoms with Crippen LogP contribution in [0.15, 0.2) is 36.5 Å². The van der Waals surface area contributed by atoms with Crippen LogP contribution >= 0.6 is 11.6 Å². The van der Waals surface area contributed by atoms with E-state index in [1.165, 1.54) is 16.6 Å². The maximum Gasteiger partial charge on any atom is 0.250 e. The van der Waals surface area contributed by atoms with Crippen molar-refractivity contribution in [3.63, 3.8) is 0 Å². The Hall–Kier alpha value is -2.21. The van der Waals surface area contributed by atoms with Crippen molar-refractivity contribution >= 4 is 28.9 Å². The highest BCUT2D eigenvalue weighted by Crippen LogP contribution is 2.21. The van der Waals surface area contributed by atoms with E-state index in [2.05, 4.69) is 20.6 Å². The molecule has 3 rings (SSSR count). The first kappa shape index (κ1) is 10.9. The summed E-state index contributed by atoms with van der Waals surface area (Å²) in [6.07, 6.45) is 1.62. The zero-order valence-electron chi connectivity index (χ0n) is 9.01. The van der Waals surface area contributed by atoms with Gasteiger partial charge in [0.05, 0.1) is 5.02 Å². The molecule has 3 aromatic rings. The van der Waals surface area contributed by atoms with Crippen LogP contribution in [-0.2, 0) is 0 Å². The standard InChI is InChI=1S/C11H7ClFN5/c12-8-6-7(3-4-9(8)13)15-11-17-16-10-2-1-5-14-18(10)11/h1-6H,(H,15,17). The molecule has 0 amide bonds. The van der Waals surface area contributed by atoms with Crippen molar-refractivity contribution < 1.29 is 4.39 Å². The number of hydrogen-bond acceptors (Lipinski definition) is 4. The first-order chi connectivity index (χ1) is 8.74. The molecule has 0 unspecified atom stereocenters. The lowest BCUT2D eigenvalue weighted by Gasteiger charge is -2.04. The van der Waals surface area contributed by atoms with Crippen molar-refractivity contribution in [3.8, 4) is 0 Å². The fourth-order valence-electron chi connectivity index (χ4n) is 1.52. The molecule has 1 aromatic carbocycles. The molecule has 0 fully saturated rings. The minimum Gasteiger partial charge on any atom is -0.323 e. The SMILES string of the molecule is Fc1ccc(Nc2nnc3cccnn23)cc1Cl. The highest BCUT2D eigenvalue weighted by molar-refractivity contribution is 6.31. The molecule has 5 nitrogen and oxygen atoms in total. The molecular formula is C11H7ClFN5. The largest absolute Gasteiger partial charge is 0.323 e. The fourth-order valence-corrected chi connectivity index (χ4v) is 1.71. The lowest BCUT2D eigenvalue weighted by molar-refractivity contribution is 0.628. The summed E-state index contributed by atoms with van der Waals surface area (Å²) >= 11 is 5.70. The van der Waals surface area contributed by atoms with Gasteiger partial charge in [0.25, 0.3) is 0 Å². The topological polar surface area (TPSA) is 55.1 Å². The number of benzene rings is 1. The molecule has 0 saturated carbocycles. The van der Waals surface area contributed by atoms with Crippen molar-refractivity contribution in [1.82, 2.24) is 19.8 Å². The van der Waals surface area contributed by atoms with Crippen LogP contribution in [0.5, 0.6) is 0 Å². The van der Waals surface area contributed by atoms with Crippen LogP contribution in [-0.4, -0.2) is 19.8 Å². The Balaban J connectivity index is 1.98. The van der Waals surface area contributed by atoms with Crippen LogP contribution in [0.3, 0.4) is 0 Å². The molecule has 1 N–H and O–H groups in total. The summed E-state index contributed by atoms with van der Waals surface area (Å²) in [6.45, 7) is 0. The molecule has 0 aliphatic carbocycles. The Labute approximate surface area is 106 Å². The normalized spacial score (nSPS) is 10.8. The van der Waals surface area contributed by atoms with Gasteiger partial charge in [0.15, 0.2) is 5.65 Å². The molecule has 0 atom stereocenters. The lowest BCUT2D eigenvalue weighted by Crippen LogP contribution is -1.99. The first-order valence-corrected chi connectivity index (χ1v) is 5.50. The Morgan fingerprint density at radius 1 is 1.22 bits per heavy atom. The summed E-state index contributed by atoms with van der Waals surface area (Å²) in [4.78, 5) is 0. The highest BCUT2D eigenvalue weighted by atomic mass is 35.5. The number of fused-ring (bicyclic) bond motifs is 1. The number of aromatic nitrogens is 4. The molecule has 0 aliphatic heterocycles. The van der Waals surface area contributed by atoms with Gasteiger partial charge in [0, 0.05) is 11.9 Å². The van der Waals surface area contributed by atoms with E-state index in [9.17, 15) is 4.39 Å². The van der Waals surface area contributed by atoms with Crippen molar-refractivity contribution in [2.45, 2.75) is 0 Å². The molecule has 2 aromatic heterocycles. The molecule has 0 saturated heterocycles. The van der Waals surface area contributed by atoms with E-state index in [4.69, 9.17) is 11.6 Å². The van der Waals surface area contributed by atoms with Crippen molar-refractivity contribution in [1.29, 1.82) is 0 Å². The van der Waals surface area contributed by atoms with Gasteiger partial charge in [-0.3, -0.25) is 0 Å². The Bertz CT molecular complexity index is 711. The Kier molecular flexibility index (Phi) is 2.56. The second kappa shape index (κ2) is 4.23. The average molecular weight is 264 g/mol. The quantitative estimate of drug-likeness (QED) is 0.772. The van der Waals surface area contributed by atoms with Crippen LogP contribution in [0.25, 0.3) is 5.65 Å². The third-order valence-electron chi connectivity index (χ3n) is 2.35. The number of nitrogens with one attached hydrogen (secondary N) is 1. The van der Waals surface area contributed by atoms with Gasteiger partial charge in [-0.25, -0.2) is 4.39 Å². The van der Waals surface area contributed by atoms with Gasteiger partial charge in [-0.1, -0.05) is 11.6 Å². The maximum absolute atomic E-state index is 13.0. The van der Waals surface area contributed by atoms with Crippen LogP contribution in [0, 0.1) is 5.82 Å². The van der Waals surface area contributed by atoms with Crippen molar-refractivity contribution in [2.24, 2.45) is 0 Å². The van der Waals surface area contributed by atoms with Gasteiger partial charge in [0.1, 0.15) is 5.82 Å². The van der Waals surface area contributed by atoms with E-state index in [0.717, 1.165) is 0 Å². The van der Waals surface area contributed by atoms with Crippen LogP contribution in [0.4, 0.5) is 16.0 Å².